The van der Waals surface area contributed by atoms with Crippen molar-refractivity contribution < 1.29 is 4.79 Å². The Morgan fingerprint density at radius 2 is 1.79 bits per heavy atom. The number of carbonyl (C=O) groups is 1. The molecule has 128 valence electrons. The Kier molecular flexibility index (Phi) is 5.26. The summed E-state index contributed by atoms with van der Waals surface area (Å²) in [6, 6.07) is 6.44. The van der Waals surface area contributed by atoms with E-state index in [0.717, 1.165) is 37.0 Å². The number of carbonyl (C=O) groups excluding carboxylic acids is 1. The molecule has 1 aromatic carbocycles. The van der Waals surface area contributed by atoms with Crippen molar-refractivity contribution in [3.05, 3.63) is 41.7 Å². The molecule has 2 aromatic rings. The summed E-state index contributed by atoms with van der Waals surface area (Å²) < 4.78 is 2.06. The Labute approximate surface area is 147 Å². The molecule has 0 unspecified atom stereocenters. The minimum absolute atomic E-state index is 0.197. The Balaban J connectivity index is 1.66. The van der Waals surface area contributed by atoms with E-state index in [1.165, 1.54) is 22.9 Å². The Bertz CT molecular complexity index is 699. The van der Waals surface area contributed by atoms with Gasteiger partial charge in [0.05, 0.1) is 5.75 Å². The van der Waals surface area contributed by atoms with Crippen LogP contribution in [0.5, 0.6) is 0 Å². The Morgan fingerprint density at radius 3 is 2.46 bits per heavy atom. The lowest BCUT2D eigenvalue weighted by Crippen LogP contribution is -2.47. The maximum Gasteiger partial charge on any atom is 0.233 e. The second-order valence-electron chi connectivity index (χ2n) is 6.40. The predicted molar refractivity (Wildman–Crippen MR) is 97.8 cm³/mol. The molecule has 1 fully saturated rings. The van der Waals surface area contributed by atoms with E-state index in [4.69, 9.17) is 0 Å². The van der Waals surface area contributed by atoms with Gasteiger partial charge in [-0.2, -0.15) is 0 Å². The van der Waals surface area contributed by atoms with E-state index in [2.05, 4.69) is 53.5 Å². The van der Waals surface area contributed by atoms with Gasteiger partial charge in [0.2, 0.25) is 5.91 Å². The summed E-state index contributed by atoms with van der Waals surface area (Å²) in [6.45, 7) is 7.73. The highest BCUT2D eigenvalue weighted by molar-refractivity contribution is 7.99. The van der Waals surface area contributed by atoms with Gasteiger partial charge in [0.1, 0.15) is 0 Å². The summed E-state index contributed by atoms with van der Waals surface area (Å²) >= 11 is 1.51. The molecule has 1 saturated heterocycles. The van der Waals surface area contributed by atoms with Crippen molar-refractivity contribution in [3.63, 3.8) is 0 Å². The number of likely N-dealkylation sites (N-methyl/N-ethyl adjacent to an activating group) is 1. The zero-order chi connectivity index (χ0) is 17.1. The third kappa shape index (κ3) is 3.99. The predicted octanol–water partition coefficient (Wildman–Crippen LogP) is 2.36. The van der Waals surface area contributed by atoms with Gasteiger partial charge in [0.25, 0.3) is 0 Å². The molecule has 0 radical (unpaired) electrons. The highest BCUT2D eigenvalue weighted by Gasteiger charge is 2.19. The highest BCUT2D eigenvalue weighted by Crippen LogP contribution is 2.22. The van der Waals surface area contributed by atoms with Crippen molar-refractivity contribution in [2.24, 2.45) is 0 Å². The molecule has 2 heterocycles. The van der Waals surface area contributed by atoms with E-state index in [1.807, 2.05) is 11.1 Å². The molecule has 0 saturated carbocycles. The van der Waals surface area contributed by atoms with Crippen LogP contribution in [0.25, 0.3) is 5.69 Å². The molecule has 1 aromatic heterocycles. The van der Waals surface area contributed by atoms with Crippen LogP contribution in [0.2, 0.25) is 0 Å². The molecule has 0 atom stereocenters. The zero-order valence-electron chi connectivity index (χ0n) is 14.5. The lowest BCUT2D eigenvalue weighted by atomic mass is 10.1. The number of aromatic nitrogens is 2. The summed E-state index contributed by atoms with van der Waals surface area (Å²) in [5.74, 6) is 0.633. The third-order valence-corrected chi connectivity index (χ3v) is 5.22. The van der Waals surface area contributed by atoms with Crippen LogP contribution in [0.15, 0.2) is 35.7 Å². The summed E-state index contributed by atoms with van der Waals surface area (Å²) in [6.07, 6.45) is 3.75. The van der Waals surface area contributed by atoms with Crippen LogP contribution in [0.4, 0.5) is 0 Å². The molecule has 1 aliphatic rings. The van der Waals surface area contributed by atoms with E-state index in [0.29, 0.717) is 5.75 Å². The second kappa shape index (κ2) is 7.40. The van der Waals surface area contributed by atoms with Gasteiger partial charge in [-0.1, -0.05) is 17.8 Å². The number of imidazole rings is 1. The number of amides is 1. The summed E-state index contributed by atoms with van der Waals surface area (Å²) in [5.41, 5.74) is 3.55. The molecule has 0 spiro atoms. The van der Waals surface area contributed by atoms with Crippen LogP contribution < -0.4 is 0 Å². The van der Waals surface area contributed by atoms with E-state index < -0.39 is 0 Å². The topological polar surface area (TPSA) is 41.4 Å². The van der Waals surface area contributed by atoms with Gasteiger partial charge < -0.3 is 9.80 Å². The van der Waals surface area contributed by atoms with Crippen molar-refractivity contribution >= 4 is 17.7 Å². The van der Waals surface area contributed by atoms with Crippen molar-refractivity contribution in [1.29, 1.82) is 0 Å². The van der Waals surface area contributed by atoms with Gasteiger partial charge in [0, 0.05) is 44.3 Å². The van der Waals surface area contributed by atoms with Crippen molar-refractivity contribution in [2.45, 2.75) is 19.0 Å². The fourth-order valence-corrected chi connectivity index (χ4v) is 3.83. The maximum absolute atomic E-state index is 12.4. The number of aryl methyl sites for hydroxylation is 2. The normalized spacial score (nSPS) is 15.7. The monoisotopic (exact) mass is 344 g/mol. The van der Waals surface area contributed by atoms with Gasteiger partial charge in [0.15, 0.2) is 5.16 Å². The van der Waals surface area contributed by atoms with Gasteiger partial charge in [-0.25, -0.2) is 4.98 Å². The maximum atomic E-state index is 12.4. The summed E-state index contributed by atoms with van der Waals surface area (Å²) in [7, 11) is 2.09. The molecule has 6 heteroatoms. The first-order chi connectivity index (χ1) is 11.5. The van der Waals surface area contributed by atoms with E-state index in [1.54, 1.807) is 6.20 Å². The number of benzene rings is 1. The molecule has 0 N–H and O–H groups in total. The largest absolute Gasteiger partial charge is 0.339 e. The molecule has 1 amide bonds. The highest BCUT2D eigenvalue weighted by atomic mass is 32.2. The lowest BCUT2D eigenvalue weighted by Gasteiger charge is -2.32. The number of hydrogen-bond acceptors (Lipinski definition) is 4. The summed E-state index contributed by atoms with van der Waals surface area (Å²) in [4.78, 5) is 21.0. The number of rotatable bonds is 4. The number of piperazine rings is 1. The van der Waals surface area contributed by atoms with E-state index in [-0.39, 0.29) is 5.91 Å². The second-order valence-corrected chi connectivity index (χ2v) is 7.34. The fraction of sp³-hybridized carbons (Fsp3) is 0.444. The standard InChI is InChI=1S/C18H24N4OS/c1-14-10-15(2)12-16(11-14)22-5-4-19-18(22)24-13-17(23)21-8-6-20(3)7-9-21/h4-5,10-12H,6-9,13H2,1-3H3. The molecule has 24 heavy (non-hydrogen) atoms. The first-order valence-electron chi connectivity index (χ1n) is 8.24. The minimum Gasteiger partial charge on any atom is -0.339 e. The first-order valence-corrected chi connectivity index (χ1v) is 9.22. The van der Waals surface area contributed by atoms with Gasteiger partial charge >= 0.3 is 0 Å². The minimum atomic E-state index is 0.197. The molecular formula is C18H24N4OS. The molecule has 5 nitrogen and oxygen atoms in total. The van der Waals surface area contributed by atoms with Crippen LogP contribution >= 0.6 is 11.8 Å². The van der Waals surface area contributed by atoms with E-state index in [9.17, 15) is 4.79 Å². The van der Waals surface area contributed by atoms with Crippen LogP contribution in [-0.4, -0.2) is 64.2 Å². The fourth-order valence-electron chi connectivity index (χ4n) is 2.96. The quantitative estimate of drug-likeness (QED) is 0.799. The summed E-state index contributed by atoms with van der Waals surface area (Å²) in [5, 5.41) is 0.863. The molecule has 1 aliphatic heterocycles. The molecule has 0 bridgehead atoms. The smallest absolute Gasteiger partial charge is 0.233 e. The lowest BCUT2D eigenvalue weighted by molar-refractivity contribution is -0.129. The van der Waals surface area contributed by atoms with Crippen LogP contribution in [0.1, 0.15) is 11.1 Å². The molecular weight excluding hydrogens is 320 g/mol. The van der Waals surface area contributed by atoms with E-state index >= 15 is 0 Å². The SMILES string of the molecule is Cc1cc(C)cc(-n2ccnc2SCC(=O)N2CCN(C)CC2)c1. The van der Waals surface area contributed by atoms with Crippen molar-refractivity contribution in [1.82, 2.24) is 19.4 Å². The number of thioether (sulfide) groups is 1. The first kappa shape index (κ1) is 17.0. The average molecular weight is 344 g/mol. The molecule has 3 rings (SSSR count). The number of nitrogens with zero attached hydrogens (tertiary/aromatic N) is 4. The Hall–Kier alpha value is -1.79. The average Bonchev–Trinajstić information content (AvgIpc) is 3.01. The van der Waals surface area contributed by atoms with Crippen LogP contribution in [-0.2, 0) is 4.79 Å². The van der Waals surface area contributed by atoms with Crippen molar-refractivity contribution in [2.75, 3.05) is 39.0 Å². The van der Waals surface area contributed by atoms with Gasteiger partial charge in [-0.15, -0.1) is 0 Å². The van der Waals surface area contributed by atoms with Gasteiger partial charge in [-0.3, -0.25) is 9.36 Å². The number of hydrogen-bond donors (Lipinski definition) is 0. The zero-order valence-corrected chi connectivity index (χ0v) is 15.3. The van der Waals surface area contributed by atoms with Gasteiger partial charge in [-0.05, 0) is 44.2 Å². The molecule has 0 aliphatic carbocycles. The Morgan fingerprint density at radius 1 is 1.12 bits per heavy atom. The van der Waals surface area contributed by atoms with Crippen LogP contribution in [0, 0.1) is 13.8 Å². The van der Waals surface area contributed by atoms with Crippen LogP contribution in [0.3, 0.4) is 0 Å². The third-order valence-electron chi connectivity index (χ3n) is 4.27. The van der Waals surface area contributed by atoms with Crippen molar-refractivity contribution in [3.8, 4) is 5.69 Å².